The number of anilines is 1. The van der Waals surface area contributed by atoms with E-state index in [-0.39, 0.29) is 12.0 Å². The lowest BCUT2D eigenvalue weighted by atomic mass is 10.2. The fourth-order valence-corrected chi connectivity index (χ4v) is 4.07. The SMILES string of the molecule is COCCNC(=O)c1c(N)n(C[C@@H]2CCCO2)c2nc3cc4c(cc3nc12)OCCO4. The number of rotatable bonds is 6. The van der Waals surface area contributed by atoms with E-state index < -0.39 is 0 Å². The molecule has 10 nitrogen and oxygen atoms in total. The van der Waals surface area contributed by atoms with Crippen molar-refractivity contribution in [3.63, 3.8) is 0 Å². The number of carbonyl (C=O) groups excluding carboxylic acids is 1. The molecule has 2 aromatic heterocycles. The Kier molecular flexibility index (Phi) is 5.24. The highest BCUT2D eigenvalue weighted by atomic mass is 16.6. The standard InChI is InChI=1S/C21H25N5O5/c1-28-6-4-23-21(27)17-18-20(26(19(17)22)11-12-3-2-5-29-12)25-14-10-16-15(9-13(14)24-18)30-7-8-31-16/h9-10,12H,2-8,11,22H2,1H3,(H,23,27)/t12-/m0/s1. The van der Waals surface area contributed by atoms with Crippen LogP contribution in [0.3, 0.4) is 0 Å². The summed E-state index contributed by atoms with van der Waals surface area (Å²) in [6.07, 6.45) is 1.97. The maximum atomic E-state index is 13.0. The zero-order valence-corrected chi connectivity index (χ0v) is 17.3. The Bertz CT molecular complexity index is 1140. The second-order valence-corrected chi connectivity index (χ2v) is 7.63. The van der Waals surface area contributed by atoms with Crippen molar-refractivity contribution in [1.82, 2.24) is 19.9 Å². The van der Waals surface area contributed by atoms with E-state index in [4.69, 9.17) is 34.6 Å². The van der Waals surface area contributed by atoms with Gasteiger partial charge in [0.1, 0.15) is 30.1 Å². The summed E-state index contributed by atoms with van der Waals surface area (Å²) in [4.78, 5) is 22.5. The smallest absolute Gasteiger partial charge is 0.257 e. The van der Waals surface area contributed by atoms with Crippen LogP contribution in [0.15, 0.2) is 12.1 Å². The number of ether oxygens (including phenoxy) is 4. The second-order valence-electron chi connectivity index (χ2n) is 7.63. The molecule has 2 aliphatic rings. The van der Waals surface area contributed by atoms with Crippen molar-refractivity contribution in [2.24, 2.45) is 0 Å². The number of nitrogens with zero attached hydrogens (tertiary/aromatic N) is 3. The van der Waals surface area contributed by atoms with Gasteiger partial charge in [-0.15, -0.1) is 0 Å². The van der Waals surface area contributed by atoms with Crippen molar-refractivity contribution >= 4 is 33.9 Å². The quantitative estimate of drug-likeness (QED) is 0.568. The number of amides is 1. The Morgan fingerprint density at radius 1 is 1.23 bits per heavy atom. The first kappa shape index (κ1) is 19.8. The van der Waals surface area contributed by atoms with Gasteiger partial charge >= 0.3 is 0 Å². The Hall–Kier alpha value is -3.11. The van der Waals surface area contributed by atoms with Gasteiger partial charge in [0.15, 0.2) is 17.1 Å². The first-order chi connectivity index (χ1) is 15.2. The van der Waals surface area contributed by atoms with Crippen molar-refractivity contribution in [1.29, 1.82) is 0 Å². The lowest BCUT2D eigenvalue weighted by Gasteiger charge is -2.18. The molecular formula is C21H25N5O5. The van der Waals surface area contributed by atoms with Gasteiger partial charge in [0, 0.05) is 32.4 Å². The summed E-state index contributed by atoms with van der Waals surface area (Å²) in [6.45, 7) is 2.98. The van der Waals surface area contributed by atoms with Gasteiger partial charge in [-0.3, -0.25) is 4.79 Å². The molecule has 4 heterocycles. The average Bonchev–Trinajstić information content (AvgIpc) is 3.37. The van der Waals surface area contributed by atoms with Gasteiger partial charge in [-0.1, -0.05) is 0 Å². The fraction of sp³-hybridized carbons (Fsp3) is 0.476. The number of benzene rings is 1. The van der Waals surface area contributed by atoms with Crippen LogP contribution in [-0.4, -0.2) is 66.6 Å². The summed E-state index contributed by atoms with van der Waals surface area (Å²) in [7, 11) is 1.58. The number of carbonyl (C=O) groups is 1. The summed E-state index contributed by atoms with van der Waals surface area (Å²) in [5.41, 5.74) is 9.04. The van der Waals surface area contributed by atoms with Crippen LogP contribution < -0.4 is 20.5 Å². The van der Waals surface area contributed by atoms with E-state index in [0.717, 1.165) is 19.4 Å². The fourth-order valence-electron chi connectivity index (χ4n) is 4.07. The molecule has 1 saturated heterocycles. The number of nitrogens with two attached hydrogens (primary N) is 1. The Morgan fingerprint density at radius 2 is 1.97 bits per heavy atom. The van der Waals surface area contributed by atoms with Crippen LogP contribution in [0.25, 0.3) is 22.2 Å². The van der Waals surface area contributed by atoms with E-state index in [2.05, 4.69) is 5.32 Å². The molecule has 3 aromatic rings. The number of nitrogens with one attached hydrogen (secondary N) is 1. The summed E-state index contributed by atoms with van der Waals surface area (Å²) in [6, 6.07) is 3.60. The zero-order valence-electron chi connectivity index (χ0n) is 17.3. The molecule has 10 heteroatoms. The van der Waals surface area contributed by atoms with Crippen molar-refractivity contribution in [2.45, 2.75) is 25.5 Å². The van der Waals surface area contributed by atoms with E-state index in [1.54, 1.807) is 13.2 Å². The highest BCUT2D eigenvalue weighted by Gasteiger charge is 2.27. The molecule has 2 aliphatic heterocycles. The predicted octanol–water partition coefficient (Wildman–Crippen LogP) is 1.49. The number of nitrogen functional groups attached to an aromatic ring is 1. The van der Waals surface area contributed by atoms with Crippen LogP contribution in [0.1, 0.15) is 23.2 Å². The van der Waals surface area contributed by atoms with E-state index in [9.17, 15) is 4.79 Å². The summed E-state index contributed by atoms with van der Waals surface area (Å²) >= 11 is 0. The molecule has 0 spiro atoms. The normalized spacial score (nSPS) is 18.0. The Morgan fingerprint density at radius 3 is 2.65 bits per heavy atom. The Balaban J connectivity index is 1.65. The van der Waals surface area contributed by atoms with Crippen LogP contribution in [0.2, 0.25) is 0 Å². The van der Waals surface area contributed by atoms with E-state index >= 15 is 0 Å². The molecule has 5 rings (SSSR count). The molecule has 1 aromatic carbocycles. The van der Waals surface area contributed by atoms with Gasteiger partial charge in [0.05, 0.1) is 30.3 Å². The maximum absolute atomic E-state index is 13.0. The molecule has 1 fully saturated rings. The first-order valence-electron chi connectivity index (χ1n) is 10.4. The molecule has 164 valence electrons. The lowest BCUT2D eigenvalue weighted by molar-refractivity contribution is 0.0934. The lowest BCUT2D eigenvalue weighted by Crippen LogP contribution is -2.28. The van der Waals surface area contributed by atoms with Gasteiger partial charge in [0.2, 0.25) is 0 Å². The van der Waals surface area contributed by atoms with E-state index in [0.29, 0.717) is 78.0 Å². The third-order valence-electron chi connectivity index (χ3n) is 5.58. The van der Waals surface area contributed by atoms with Crippen LogP contribution in [-0.2, 0) is 16.0 Å². The van der Waals surface area contributed by atoms with Crippen LogP contribution in [0.5, 0.6) is 11.5 Å². The summed E-state index contributed by atoms with van der Waals surface area (Å²) < 4.78 is 24.0. The molecule has 0 unspecified atom stereocenters. The second kappa shape index (κ2) is 8.20. The third kappa shape index (κ3) is 3.61. The molecule has 1 atom stereocenters. The summed E-state index contributed by atoms with van der Waals surface area (Å²) in [5.74, 6) is 1.27. The minimum atomic E-state index is -0.308. The van der Waals surface area contributed by atoms with Crippen molar-refractivity contribution in [3.05, 3.63) is 17.7 Å². The monoisotopic (exact) mass is 427 g/mol. The molecule has 31 heavy (non-hydrogen) atoms. The molecule has 0 bridgehead atoms. The van der Waals surface area contributed by atoms with E-state index in [1.165, 1.54) is 0 Å². The van der Waals surface area contributed by atoms with Gasteiger partial charge in [-0.2, -0.15) is 0 Å². The van der Waals surface area contributed by atoms with Crippen LogP contribution in [0.4, 0.5) is 5.82 Å². The van der Waals surface area contributed by atoms with Crippen LogP contribution >= 0.6 is 0 Å². The number of hydrogen-bond acceptors (Lipinski definition) is 8. The Labute approximate surface area is 178 Å². The molecule has 0 aliphatic carbocycles. The number of fused-ring (bicyclic) bond motifs is 3. The molecule has 3 N–H and O–H groups in total. The number of methoxy groups -OCH3 is 1. The van der Waals surface area contributed by atoms with Gasteiger partial charge in [0.25, 0.3) is 5.91 Å². The molecule has 1 amide bonds. The van der Waals surface area contributed by atoms with Crippen molar-refractivity contribution < 1.29 is 23.7 Å². The topological polar surface area (TPSA) is 123 Å². The predicted molar refractivity (Wildman–Crippen MR) is 114 cm³/mol. The van der Waals surface area contributed by atoms with Crippen molar-refractivity contribution in [2.75, 3.05) is 45.8 Å². The summed E-state index contributed by atoms with van der Waals surface area (Å²) in [5, 5.41) is 2.84. The van der Waals surface area contributed by atoms with E-state index in [1.807, 2.05) is 10.6 Å². The molecule has 0 radical (unpaired) electrons. The number of aromatic nitrogens is 3. The molecule has 0 saturated carbocycles. The minimum Gasteiger partial charge on any atom is -0.486 e. The average molecular weight is 427 g/mol. The largest absolute Gasteiger partial charge is 0.486 e. The highest BCUT2D eigenvalue weighted by molar-refractivity contribution is 6.10. The van der Waals surface area contributed by atoms with Crippen LogP contribution in [0, 0.1) is 0 Å². The third-order valence-corrected chi connectivity index (χ3v) is 5.58. The highest BCUT2D eigenvalue weighted by Crippen LogP contribution is 2.36. The van der Waals surface area contributed by atoms with Crippen molar-refractivity contribution in [3.8, 4) is 11.5 Å². The van der Waals surface area contributed by atoms with Gasteiger partial charge in [-0.25, -0.2) is 9.97 Å². The number of hydrogen-bond donors (Lipinski definition) is 2. The molecular weight excluding hydrogens is 402 g/mol. The maximum Gasteiger partial charge on any atom is 0.257 e. The minimum absolute atomic E-state index is 0.0278. The van der Waals surface area contributed by atoms with Gasteiger partial charge < -0.3 is 34.6 Å². The van der Waals surface area contributed by atoms with Gasteiger partial charge in [-0.05, 0) is 12.8 Å². The zero-order chi connectivity index (χ0) is 21.4. The first-order valence-corrected chi connectivity index (χ1v) is 10.4.